The summed E-state index contributed by atoms with van der Waals surface area (Å²) in [6.07, 6.45) is 3.14. The van der Waals surface area contributed by atoms with E-state index >= 15 is 0 Å². The Hall–Kier alpha value is -3.72. The second kappa shape index (κ2) is 9.41. The molecule has 0 radical (unpaired) electrons. The van der Waals surface area contributed by atoms with Crippen molar-refractivity contribution in [2.45, 2.75) is 24.3 Å². The van der Waals surface area contributed by atoms with Gasteiger partial charge >= 0.3 is 0 Å². The van der Waals surface area contributed by atoms with Crippen molar-refractivity contribution in [2.75, 3.05) is 18.9 Å². The molecule has 0 aliphatic carbocycles. The number of amidine groups is 1. The summed E-state index contributed by atoms with van der Waals surface area (Å²) >= 11 is 0. The number of carbonyl (C=O) groups excluding carboxylic acids is 1. The van der Waals surface area contributed by atoms with Gasteiger partial charge in [-0.3, -0.25) is 9.59 Å². The lowest BCUT2D eigenvalue weighted by atomic mass is 10.2. The van der Waals surface area contributed by atoms with E-state index in [4.69, 9.17) is 0 Å². The average molecular weight is 465 g/mol. The van der Waals surface area contributed by atoms with E-state index in [9.17, 15) is 18.0 Å². The highest BCUT2D eigenvalue weighted by atomic mass is 32.2. The van der Waals surface area contributed by atoms with Gasteiger partial charge < -0.3 is 14.8 Å². The maximum atomic E-state index is 12.8. The molecule has 3 aromatic rings. The molecule has 0 saturated carbocycles. The van der Waals surface area contributed by atoms with E-state index in [0.717, 1.165) is 18.5 Å². The lowest BCUT2D eigenvalue weighted by molar-refractivity contribution is 0.102. The Kier molecular flexibility index (Phi) is 6.41. The Morgan fingerprint density at radius 1 is 1.03 bits per heavy atom. The van der Waals surface area contributed by atoms with Crippen molar-refractivity contribution in [1.82, 2.24) is 9.47 Å². The first-order valence-corrected chi connectivity index (χ1v) is 12.0. The highest BCUT2D eigenvalue weighted by Gasteiger charge is 2.20. The summed E-state index contributed by atoms with van der Waals surface area (Å²) in [4.78, 5) is 27.4. The Morgan fingerprint density at radius 2 is 1.76 bits per heavy atom. The van der Waals surface area contributed by atoms with Crippen molar-refractivity contribution < 1.29 is 13.2 Å². The molecular formula is C24H24N4O4S. The lowest BCUT2D eigenvalue weighted by Crippen LogP contribution is -2.29. The van der Waals surface area contributed by atoms with Gasteiger partial charge in [0.25, 0.3) is 21.5 Å². The topological polar surface area (TPSA) is 101 Å². The standard InChI is InChI=1S/C24H24N4O4S/c1-27-15-6-10-22(27)26-33(31,32)20-13-11-19(12-14-20)25-23(29)21-9-5-16-28(24(21)30)17-18-7-3-2-4-8-18/h2-5,7-9,11-14,16H,6,10,15,17H2,1H3,(H,25,29)/b26-22+. The first-order valence-electron chi connectivity index (χ1n) is 10.5. The quantitative estimate of drug-likeness (QED) is 0.605. The summed E-state index contributed by atoms with van der Waals surface area (Å²) < 4.78 is 30.6. The molecule has 1 aromatic heterocycles. The largest absolute Gasteiger partial charge is 0.362 e. The molecule has 1 saturated heterocycles. The Labute approximate surface area is 192 Å². The van der Waals surface area contributed by atoms with Crippen LogP contribution in [0.25, 0.3) is 0 Å². The van der Waals surface area contributed by atoms with Crippen LogP contribution < -0.4 is 10.9 Å². The minimum atomic E-state index is -3.84. The zero-order chi connectivity index (χ0) is 23.4. The van der Waals surface area contributed by atoms with Crippen molar-refractivity contribution in [3.05, 3.63) is 94.4 Å². The molecule has 9 heteroatoms. The number of nitrogens with zero attached hydrogens (tertiary/aromatic N) is 3. The minimum absolute atomic E-state index is 0.000741. The van der Waals surface area contributed by atoms with Gasteiger partial charge in [-0.15, -0.1) is 4.40 Å². The van der Waals surface area contributed by atoms with Crippen molar-refractivity contribution in [3.63, 3.8) is 0 Å². The van der Waals surface area contributed by atoms with Gasteiger partial charge in [-0.05, 0) is 48.4 Å². The number of aromatic nitrogens is 1. The lowest BCUT2D eigenvalue weighted by Gasteiger charge is -2.11. The van der Waals surface area contributed by atoms with Crippen LogP contribution in [-0.2, 0) is 16.6 Å². The molecule has 8 nitrogen and oxygen atoms in total. The summed E-state index contributed by atoms with van der Waals surface area (Å²) in [5, 5.41) is 2.66. The summed E-state index contributed by atoms with van der Waals surface area (Å²) in [5.74, 6) is -0.0194. The van der Waals surface area contributed by atoms with Crippen molar-refractivity contribution in [1.29, 1.82) is 0 Å². The fourth-order valence-electron chi connectivity index (χ4n) is 3.62. The number of likely N-dealkylation sites (tertiary alicyclic amines) is 1. The van der Waals surface area contributed by atoms with E-state index in [2.05, 4.69) is 9.71 Å². The van der Waals surface area contributed by atoms with E-state index in [1.54, 1.807) is 12.3 Å². The molecule has 2 heterocycles. The summed E-state index contributed by atoms with van der Waals surface area (Å²) in [7, 11) is -2.02. The number of carbonyl (C=O) groups is 1. The average Bonchev–Trinajstić information content (AvgIpc) is 3.20. The number of hydrogen-bond acceptors (Lipinski definition) is 4. The number of hydrogen-bond donors (Lipinski definition) is 1. The van der Waals surface area contributed by atoms with Crippen molar-refractivity contribution in [3.8, 4) is 0 Å². The molecule has 1 amide bonds. The van der Waals surface area contributed by atoms with E-state index in [1.807, 2.05) is 42.3 Å². The zero-order valence-corrected chi connectivity index (χ0v) is 19.0. The molecule has 2 aromatic carbocycles. The van der Waals surface area contributed by atoms with E-state index < -0.39 is 21.5 Å². The molecule has 1 aliphatic rings. The summed E-state index contributed by atoms with van der Waals surface area (Å²) in [6.45, 7) is 1.14. The predicted octanol–water partition coefficient (Wildman–Crippen LogP) is 2.96. The number of nitrogens with one attached hydrogen (secondary N) is 1. The number of rotatable bonds is 6. The van der Waals surface area contributed by atoms with Crippen LogP contribution in [0.1, 0.15) is 28.8 Å². The number of benzene rings is 2. The van der Waals surface area contributed by atoms with Crippen LogP contribution in [0.15, 0.2) is 87.0 Å². The van der Waals surface area contributed by atoms with Crippen LogP contribution in [0.5, 0.6) is 0 Å². The molecule has 0 bridgehead atoms. The molecule has 1 N–H and O–H groups in total. The number of sulfonamides is 1. The first-order chi connectivity index (χ1) is 15.8. The van der Waals surface area contributed by atoms with E-state index in [0.29, 0.717) is 24.5 Å². The van der Waals surface area contributed by atoms with Gasteiger partial charge in [0.2, 0.25) is 0 Å². The van der Waals surface area contributed by atoms with Crippen molar-refractivity contribution in [2.24, 2.45) is 4.40 Å². The van der Waals surface area contributed by atoms with E-state index in [1.165, 1.54) is 34.9 Å². The molecule has 1 aliphatic heterocycles. The maximum absolute atomic E-state index is 12.8. The SMILES string of the molecule is CN1CCC/C1=N\S(=O)(=O)c1ccc(NC(=O)c2cccn(Cc3ccccc3)c2=O)cc1. The second-order valence-corrected chi connectivity index (χ2v) is 9.43. The van der Waals surface area contributed by atoms with Crippen LogP contribution in [-0.4, -0.2) is 43.2 Å². The Morgan fingerprint density at radius 3 is 2.42 bits per heavy atom. The predicted molar refractivity (Wildman–Crippen MR) is 127 cm³/mol. The smallest absolute Gasteiger partial charge is 0.283 e. The molecule has 170 valence electrons. The molecule has 33 heavy (non-hydrogen) atoms. The number of anilines is 1. The molecule has 0 atom stereocenters. The van der Waals surface area contributed by atoms with Crippen LogP contribution in [0, 0.1) is 0 Å². The van der Waals surface area contributed by atoms with Gasteiger partial charge in [0.15, 0.2) is 0 Å². The summed E-state index contributed by atoms with van der Waals surface area (Å²) in [5.41, 5.74) is 0.916. The van der Waals surface area contributed by atoms with Gasteiger partial charge in [-0.25, -0.2) is 0 Å². The zero-order valence-electron chi connectivity index (χ0n) is 18.1. The fourth-order valence-corrected chi connectivity index (χ4v) is 4.72. The Bertz CT molecular complexity index is 1350. The van der Waals surface area contributed by atoms with Crippen LogP contribution >= 0.6 is 0 Å². The minimum Gasteiger partial charge on any atom is -0.362 e. The fraction of sp³-hybridized carbons (Fsp3) is 0.208. The van der Waals surface area contributed by atoms with Crippen molar-refractivity contribution >= 4 is 27.5 Å². The third kappa shape index (κ3) is 5.20. The number of amides is 1. The first kappa shape index (κ1) is 22.5. The van der Waals surface area contributed by atoms with Gasteiger partial charge in [-0.1, -0.05) is 30.3 Å². The highest BCUT2D eigenvalue weighted by Crippen LogP contribution is 2.19. The van der Waals surface area contributed by atoms with Crippen LogP contribution in [0.2, 0.25) is 0 Å². The van der Waals surface area contributed by atoms with Gasteiger partial charge in [-0.2, -0.15) is 8.42 Å². The number of pyridine rings is 1. The third-order valence-corrected chi connectivity index (χ3v) is 6.75. The highest BCUT2D eigenvalue weighted by molar-refractivity contribution is 7.90. The van der Waals surface area contributed by atoms with Gasteiger partial charge in [0, 0.05) is 31.9 Å². The monoisotopic (exact) mass is 464 g/mol. The third-order valence-electron chi connectivity index (χ3n) is 5.43. The molecule has 0 unspecified atom stereocenters. The van der Waals surface area contributed by atoms with Crippen LogP contribution in [0.3, 0.4) is 0 Å². The maximum Gasteiger partial charge on any atom is 0.283 e. The molecule has 4 rings (SSSR count). The van der Waals surface area contributed by atoms with Gasteiger partial charge in [0.1, 0.15) is 11.4 Å². The Balaban J connectivity index is 1.49. The van der Waals surface area contributed by atoms with E-state index in [-0.39, 0.29) is 10.5 Å². The van der Waals surface area contributed by atoms with Gasteiger partial charge in [0.05, 0.1) is 11.4 Å². The molecule has 1 fully saturated rings. The summed E-state index contributed by atoms with van der Waals surface area (Å²) in [6, 6.07) is 18.3. The normalized spacial score (nSPS) is 15.1. The molecular weight excluding hydrogens is 440 g/mol. The second-order valence-electron chi connectivity index (χ2n) is 7.83. The molecule has 0 spiro atoms. The van der Waals surface area contributed by atoms with Crippen LogP contribution in [0.4, 0.5) is 5.69 Å².